The lowest BCUT2D eigenvalue weighted by atomic mass is 10.1. The summed E-state index contributed by atoms with van der Waals surface area (Å²) in [5.74, 6) is -0.0556. The van der Waals surface area contributed by atoms with Gasteiger partial charge in [0.2, 0.25) is 0 Å². The van der Waals surface area contributed by atoms with E-state index in [1.165, 1.54) is 12.7 Å². The number of ether oxygens (including phenoxy) is 1. The number of imidazole rings is 1. The number of nitrogens with two attached hydrogens (primary N) is 1. The molecule has 10 nitrogen and oxygen atoms in total. The molecule has 0 aliphatic carbocycles. The molecule has 10 heteroatoms. The minimum atomic E-state index is -0.773. The molecule has 3 heterocycles. The fourth-order valence-electron chi connectivity index (χ4n) is 3.18. The Labute approximate surface area is 160 Å². The van der Waals surface area contributed by atoms with Crippen molar-refractivity contribution in [1.29, 1.82) is 0 Å². The van der Waals surface area contributed by atoms with E-state index >= 15 is 0 Å². The topological polar surface area (TPSA) is 148 Å². The van der Waals surface area contributed by atoms with Crippen LogP contribution in [-0.4, -0.2) is 54.5 Å². The highest BCUT2D eigenvalue weighted by atomic mass is 16.5. The number of nitrogens with one attached hydrogen (secondary N) is 1. The lowest BCUT2D eigenvalue weighted by Crippen LogP contribution is -2.24. The van der Waals surface area contributed by atoms with Gasteiger partial charge >= 0.3 is 0 Å². The molecular weight excluding hydrogens is 364 g/mol. The number of hydrogen-bond acceptors (Lipinski definition) is 8. The summed E-state index contributed by atoms with van der Waals surface area (Å²) in [5.41, 5.74) is 7.83. The largest absolute Gasteiger partial charge is 0.394 e. The van der Waals surface area contributed by atoms with Crippen molar-refractivity contribution in [2.24, 2.45) is 5.73 Å². The number of carbonyl (C=O) groups excluding carboxylic acids is 1. The molecule has 1 aliphatic rings. The fraction of sp³-hybridized carbons (Fsp3) is 0.333. The zero-order valence-electron chi connectivity index (χ0n) is 14.9. The first-order valence-corrected chi connectivity index (χ1v) is 8.83. The Balaban J connectivity index is 1.59. The molecule has 2 unspecified atom stereocenters. The molecule has 0 spiro atoms. The van der Waals surface area contributed by atoms with Crippen molar-refractivity contribution in [2.45, 2.75) is 31.4 Å². The van der Waals surface area contributed by atoms with Crippen molar-refractivity contribution in [3.8, 4) is 0 Å². The third-order valence-electron chi connectivity index (χ3n) is 4.74. The number of aromatic nitrogens is 4. The summed E-state index contributed by atoms with van der Waals surface area (Å²) < 4.78 is 7.31. The molecule has 0 radical (unpaired) electrons. The predicted octanol–water partition coefficient (Wildman–Crippen LogP) is 0.178. The number of hydrogen-bond donors (Lipinski definition) is 4. The maximum Gasteiger partial charge on any atom is 0.256 e. The number of amides is 1. The van der Waals surface area contributed by atoms with Crippen molar-refractivity contribution >= 4 is 22.9 Å². The number of fused-ring (bicyclic) bond motifs is 1. The van der Waals surface area contributed by atoms with Crippen LogP contribution < -0.4 is 11.1 Å². The summed E-state index contributed by atoms with van der Waals surface area (Å²) in [5, 5.41) is 22.0. The van der Waals surface area contributed by atoms with Crippen molar-refractivity contribution in [1.82, 2.24) is 19.5 Å². The zero-order valence-corrected chi connectivity index (χ0v) is 14.9. The van der Waals surface area contributed by atoms with Gasteiger partial charge in [-0.25, -0.2) is 15.0 Å². The molecule has 1 aliphatic heterocycles. The third kappa shape index (κ3) is 3.34. The predicted molar refractivity (Wildman–Crippen MR) is 99.2 cm³/mol. The average Bonchev–Trinajstić information content (AvgIpc) is 3.31. The van der Waals surface area contributed by atoms with Gasteiger partial charge in [0.15, 0.2) is 17.0 Å². The van der Waals surface area contributed by atoms with Crippen LogP contribution in [0.4, 0.5) is 5.82 Å². The molecule has 4 rings (SSSR count). The highest BCUT2D eigenvalue weighted by molar-refractivity contribution is 6.06. The van der Waals surface area contributed by atoms with Gasteiger partial charge in [0.25, 0.3) is 5.91 Å². The highest BCUT2D eigenvalue weighted by Crippen LogP contribution is 2.31. The van der Waals surface area contributed by atoms with E-state index in [4.69, 9.17) is 10.5 Å². The summed E-state index contributed by atoms with van der Waals surface area (Å²) in [6.07, 6.45) is 1.20. The van der Waals surface area contributed by atoms with Crippen LogP contribution in [-0.2, 0) is 11.3 Å². The molecule has 3 aromatic rings. The second-order valence-electron chi connectivity index (χ2n) is 6.52. The third-order valence-corrected chi connectivity index (χ3v) is 4.74. The lowest BCUT2D eigenvalue weighted by Gasteiger charge is -2.13. The summed E-state index contributed by atoms with van der Waals surface area (Å²) in [4.78, 5) is 25.2. The first-order valence-electron chi connectivity index (χ1n) is 8.83. The van der Waals surface area contributed by atoms with Gasteiger partial charge in [0, 0.05) is 18.5 Å². The van der Waals surface area contributed by atoms with Gasteiger partial charge in [0.1, 0.15) is 18.7 Å². The van der Waals surface area contributed by atoms with Gasteiger partial charge in [0.05, 0.1) is 19.0 Å². The second-order valence-corrected chi connectivity index (χ2v) is 6.52. The van der Waals surface area contributed by atoms with E-state index in [1.807, 2.05) is 0 Å². The Morgan fingerprint density at radius 3 is 2.75 bits per heavy atom. The van der Waals surface area contributed by atoms with E-state index < -0.39 is 18.4 Å². The maximum atomic E-state index is 12.5. The summed E-state index contributed by atoms with van der Waals surface area (Å²) >= 11 is 0. The molecule has 146 valence electrons. The Bertz CT molecular complexity index is 989. The van der Waals surface area contributed by atoms with Crippen molar-refractivity contribution in [3.05, 3.63) is 48.0 Å². The molecule has 0 bridgehead atoms. The minimum Gasteiger partial charge on any atom is -0.394 e. The average molecular weight is 384 g/mol. The van der Waals surface area contributed by atoms with Gasteiger partial charge in [-0.2, -0.15) is 0 Å². The van der Waals surface area contributed by atoms with Crippen molar-refractivity contribution in [2.75, 3.05) is 11.9 Å². The molecule has 0 saturated carbocycles. The smallest absolute Gasteiger partial charge is 0.256 e. The molecule has 3 atom stereocenters. The van der Waals surface area contributed by atoms with Crippen LogP contribution in [0.15, 0.2) is 36.9 Å². The van der Waals surface area contributed by atoms with Crippen LogP contribution in [0.5, 0.6) is 0 Å². The first-order chi connectivity index (χ1) is 13.6. The van der Waals surface area contributed by atoms with Gasteiger partial charge in [-0.3, -0.25) is 9.36 Å². The first kappa shape index (κ1) is 18.4. The maximum absolute atomic E-state index is 12.5. The quantitative estimate of drug-likeness (QED) is 0.487. The normalized spacial score (nSPS) is 21.9. The number of benzene rings is 1. The van der Waals surface area contributed by atoms with E-state index in [0.717, 1.165) is 5.56 Å². The standard InChI is InChI=1S/C18H20N6O4/c19-6-10-1-3-11(4-2-10)18(27)23-16-15-17(21-8-20-16)24(9-22-15)14-5-12(26)13(7-25)28-14/h1-4,8-9,12-14,25-26H,5-7,19H2,(H,20,21,23,27)/t12?,13?,14-/m1/s1. The van der Waals surface area contributed by atoms with Crippen LogP contribution in [0, 0.1) is 0 Å². The summed E-state index contributed by atoms with van der Waals surface area (Å²) in [7, 11) is 0. The summed E-state index contributed by atoms with van der Waals surface area (Å²) in [6.45, 7) is 0.129. The van der Waals surface area contributed by atoms with Gasteiger partial charge in [-0.1, -0.05) is 12.1 Å². The van der Waals surface area contributed by atoms with E-state index in [1.54, 1.807) is 28.8 Å². The SMILES string of the molecule is NCc1ccc(C(=O)Nc2ncnc3c2ncn3[C@H]2CC(O)C(CO)O2)cc1. The van der Waals surface area contributed by atoms with Crippen LogP contribution in [0.2, 0.25) is 0 Å². The summed E-state index contributed by atoms with van der Waals surface area (Å²) in [6, 6.07) is 6.97. The van der Waals surface area contributed by atoms with Crippen molar-refractivity contribution in [3.63, 3.8) is 0 Å². The molecule has 28 heavy (non-hydrogen) atoms. The molecule has 1 saturated heterocycles. The lowest BCUT2D eigenvalue weighted by molar-refractivity contribution is -0.0432. The van der Waals surface area contributed by atoms with E-state index in [2.05, 4.69) is 20.3 Å². The molecule has 1 amide bonds. The van der Waals surface area contributed by atoms with Crippen LogP contribution in [0.25, 0.3) is 11.2 Å². The van der Waals surface area contributed by atoms with E-state index in [9.17, 15) is 15.0 Å². The highest BCUT2D eigenvalue weighted by Gasteiger charge is 2.35. The van der Waals surface area contributed by atoms with E-state index in [-0.39, 0.29) is 18.3 Å². The number of aliphatic hydroxyl groups is 2. The van der Waals surface area contributed by atoms with E-state index in [0.29, 0.717) is 29.7 Å². The van der Waals surface area contributed by atoms with Gasteiger partial charge in [-0.05, 0) is 17.7 Å². The number of aliphatic hydroxyl groups excluding tert-OH is 2. The van der Waals surface area contributed by atoms with Crippen LogP contribution in [0.3, 0.4) is 0 Å². The number of carbonyl (C=O) groups is 1. The van der Waals surface area contributed by atoms with Gasteiger partial charge in [-0.15, -0.1) is 0 Å². The van der Waals surface area contributed by atoms with Crippen LogP contribution in [0.1, 0.15) is 28.6 Å². The molecule has 5 N–H and O–H groups in total. The van der Waals surface area contributed by atoms with Crippen LogP contribution >= 0.6 is 0 Å². The second kappa shape index (κ2) is 7.60. The zero-order chi connectivity index (χ0) is 19.7. The number of nitrogens with zero attached hydrogens (tertiary/aromatic N) is 4. The monoisotopic (exact) mass is 384 g/mol. The number of anilines is 1. The molecule has 2 aromatic heterocycles. The fourth-order valence-corrected chi connectivity index (χ4v) is 3.18. The Hall–Kier alpha value is -2.92. The Morgan fingerprint density at radius 1 is 1.29 bits per heavy atom. The Kier molecular flexibility index (Phi) is 5.01. The molecular formula is C18H20N6O4. The Morgan fingerprint density at radius 2 is 2.07 bits per heavy atom. The molecule has 1 fully saturated rings. The van der Waals surface area contributed by atoms with Crippen molar-refractivity contribution < 1.29 is 19.7 Å². The number of rotatable bonds is 5. The minimum absolute atomic E-state index is 0.272. The van der Waals surface area contributed by atoms with Gasteiger partial charge < -0.3 is 26.0 Å². The molecule has 1 aromatic carbocycles.